The van der Waals surface area contributed by atoms with Crippen LogP contribution < -0.4 is 21.3 Å². The summed E-state index contributed by atoms with van der Waals surface area (Å²) in [7, 11) is -3.74. The van der Waals surface area contributed by atoms with Crippen molar-refractivity contribution >= 4 is 45.4 Å². The van der Waals surface area contributed by atoms with E-state index >= 15 is 0 Å². The second kappa shape index (κ2) is 13.0. The SMILES string of the molecule is CSCCC(NC(=O)C(CCSC)NS(=O)(=O)Cc1ccccc1)C(=O)NN. The van der Waals surface area contributed by atoms with Crippen LogP contribution in [0.1, 0.15) is 18.4 Å². The van der Waals surface area contributed by atoms with Gasteiger partial charge >= 0.3 is 0 Å². The van der Waals surface area contributed by atoms with Crippen molar-refractivity contribution in [1.29, 1.82) is 0 Å². The molecule has 28 heavy (non-hydrogen) atoms. The van der Waals surface area contributed by atoms with Gasteiger partial charge in [0.05, 0.1) is 5.75 Å². The van der Waals surface area contributed by atoms with Gasteiger partial charge < -0.3 is 5.32 Å². The minimum Gasteiger partial charge on any atom is -0.343 e. The molecular weight excluding hydrogens is 420 g/mol. The molecule has 0 saturated heterocycles. The predicted molar refractivity (Wildman–Crippen MR) is 116 cm³/mol. The maximum Gasteiger partial charge on any atom is 0.256 e. The summed E-state index contributed by atoms with van der Waals surface area (Å²) in [6.45, 7) is 0. The highest BCUT2D eigenvalue weighted by Crippen LogP contribution is 2.09. The van der Waals surface area contributed by atoms with Crippen LogP contribution >= 0.6 is 23.5 Å². The summed E-state index contributed by atoms with van der Waals surface area (Å²) in [5.74, 6) is 5.14. The van der Waals surface area contributed by atoms with Gasteiger partial charge in [0.1, 0.15) is 12.1 Å². The number of carbonyl (C=O) groups is 2. The summed E-state index contributed by atoms with van der Waals surface area (Å²) >= 11 is 3.03. The van der Waals surface area contributed by atoms with E-state index in [0.717, 1.165) is 0 Å². The molecule has 0 saturated carbocycles. The minimum absolute atomic E-state index is 0.226. The predicted octanol–water partition coefficient (Wildman–Crippen LogP) is 0.456. The Morgan fingerprint density at radius 3 is 2.11 bits per heavy atom. The largest absolute Gasteiger partial charge is 0.343 e. The number of carbonyl (C=O) groups excluding carboxylic acids is 2. The zero-order chi connectivity index (χ0) is 21.0. The fourth-order valence-corrected chi connectivity index (χ4v) is 4.72. The lowest BCUT2D eigenvalue weighted by Crippen LogP contribution is -2.55. The monoisotopic (exact) mass is 448 g/mol. The van der Waals surface area contributed by atoms with Gasteiger partial charge in [-0.1, -0.05) is 30.3 Å². The van der Waals surface area contributed by atoms with Crippen LogP contribution in [-0.2, 0) is 25.4 Å². The molecule has 0 fully saturated rings. The average Bonchev–Trinajstić information content (AvgIpc) is 2.67. The Labute approximate surface area is 175 Å². The molecule has 2 atom stereocenters. The van der Waals surface area contributed by atoms with E-state index in [2.05, 4.69) is 10.0 Å². The van der Waals surface area contributed by atoms with Crippen LogP contribution in [0.25, 0.3) is 0 Å². The van der Waals surface area contributed by atoms with Crippen LogP contribution in [0.3, 0.4) is 0 Å². The summed E-state index contributed by atoms with van der Waals surface area (Å²) in [6.07, 6.45) is 4.46. The highest BCUT2D eigenvalue weighted by atomic mass is 32.2. The standard InChI is InChI=1S/C17H28N4O4S3/c1-26-10-8-14(17(23)20-18)19-16(22)15(9-11-27-2)21-28(24,25)12-13-6-4-3-5-7-13/h3-7,14-15,21H,8-12,18H2,1-2H3,(H,19,22)(H,20,23). The van der Waals surface area contributed by atoms with E-state index in [4.69, 9.17) is 5.84 Å². The van der Waals surface area contributed by atoms with Crippen LogP contribution in [0.4, 0.5) is 0 Å². The fraction of sp³-hybridized carbons (Fsp3) is 0.529. The summed E-state index contributed by atoms with van der Waals surface area (Å²) in [5, 5.41) is 2.62. The molecule has 0 spiro atoms. The molecule has 2 amide bonds. The van der Waals surface area contributed by atoms with Crippen molar-refractivity contribution in [3.8, 4) is 0 Å². The van der Waals surface area contributed by atoms with Crippen molar-refractivity contribution in [2.75, 3.05) is 24.0 Å². The molecular formula is C17H28N4O4S3. The smallest absolute Gasteiger partial charge is 0.256 e. The fourth-order valence-electron chi connectivity index (χ4n) is 2.41. The van der Waals surface area contributed by atoms with Gasteiger partial charge in [-0.05, 0) is 42.4 Å². The topological polar surface area (TPSA) is 130 Å². The number of nitrogens with two attached hydrogens (primary N) is 1. The summed E-state index contributed by atoms with van der Waals surface area (Å²) < 4.78 is 27.5. The number of thioether (sulfide) groups is 2. The second-order valence-corrected chi connectivity index (χ2v) is 9.77. The van der Waals surface area contributed by atoms with Crippen molar-refractivity contribution < 1.29 is 18.0 Å². The third-order valence-electron chi connectivity index (χ3n) is 3.83. The third kappa shape index (κ3) is 9.28. The van der Waals surface area contributed by atoms with Crippen LogP contribution in [-0.4, -0.2) is 56.3 Å². The third-order valence-corrected chi connectivity index (χ3v) is 6.48. The Morgan fingerprint density at radius 2 is 1.57 bits per heavy atom. The Morgan fingerprint density at radius 1 is 1.00 bits per heavy atom. The van der Waals surface area contributed by atoms with Crippen LogP contribution in [0.2, 0.25) is 0 Å². The van der Waals surface area contributed by atoms with Crippen LogP contribution in [0, 0.1) is 0 Å². The van der Waals surface area contributed by atoms with E-state index in [0.29, 0.717) is 29.9 Å². The summed E-state index contributed by atoms with van der Waals surface area (Å²) in [5.41, 5.74) is 2.66. The molecule has 0 bridgehead atoms. The molecule has 158 valence electrons. The molecule has 5 N–H and O–H groups in total. The lowest BCUT2D eigenvalue weighted by Gasteiger charge is -2.22. The molecule has 1 aromatic carbocycles. The number of amides is 2. The van der Waals surface area contributed by atoms with Gasteiger partial charge in [-0.3, -0.25) is 15.0 Å². The molecule has 2 unspecified atom stereocenters. The molecule has 1 aromatic rings. The molecule has 0 heterocycles. The molecule has 0 aliphatic heterocycles. The lowest BCUT2D eigenvalue weighted by molar-refractivity contribution is -0.129. The second-order valence-electron chi connectivity index (χ2n) is 6.05. The van der Waals surface area contributed by atoms with Gasteiger partial charge in [-0.2, -0.15) is 23.5 Å². The Bertz CT molecular complexity index is 716. The van der Waals surface area contributed by atoms with E-state index in [-0.39, 0.29) is 5.75 Å². The van der Waals surface area contributed by atoms with E-state index in [1.54, 1.807) is 30.3 Å². The molecule has 11 heteroatoms. The van der Waals surface area contributed by atoms with Crippen LogP contribution in [0.5, 0.6) is 0 Å². The number of sulfonamides is 1. The number of hydrazine groups is 1. The van der Waals surface area contributed by atoms with Gasteiger partial charge in [0.25, 0.3) is 5.91 Å². The van der Waals surface area contributed by atoms with E-state index in [1.807, 2.05) is 17.9 Å². The van der Waals surface area contributed by atoms with Gasteiger partial charge in [-0.15, -0.1) is 0 Å². The molecule has 0 radical (unpaired) electrons. The van der Waals surface area contributed by atoms with Crippen molar-refractivity contribution in [3.63, 3.8) is 0 Å². The van der Waals surface area contributed by atoms with Gasteiger partial charge in [-0.25, -0.2) is 19.0 Å². The van der Waals surface area contributed by atoms with E-state index < -0.39 is 33.9 Å². The average molecular weight is 449 g/mol. The van der Waals surface area contributed by atoms with E-state index in [1.165, 1.54) is 23.5 Å². The molecule has 0 aromatic heterocycles. The summed E-state index contributed by atoms with van der Waals surface area (Å²) in [4.78, 5) is 24.6. The van der Waals surface area contributed by atoms with Crippen molar-refractivity contribution in [3.05, 3.63) is 35.9 Å². The van der Waals surface area contributed by atoms with Crippen molar-refractivity contribution in [2.45, 2.75) is 30.7 Å². The van der Waals surface area contributed by atoms with Crippen molar-refractivity contribution in [1.82, 2.24) is 15.5 Å². The first-order valence-corrected chi connectivity index (χ1v) is 13.1. The molecule has 0 aliphatic carbocycles. The zero-order valence-corrected chi connectivity index (χ0v) is 18.5. The Kier molecular flexibility index (Phi) is 11.5. The first-order valence-electron chi connectivity index (χ1n) is 8.65. The Balaban J connectivity index is 2.86. The molecule has 1 rings (SSSR count). The van der Waals surface area contributed by atoms with Gasteiger partial charge in [0.15, 0.2) is 0 Å². The summed E-state index contributed by atoms with van der Waals surface area (Å²) in [6, 6.07) is 6.94. The lowest BCUT2D eigenvalue weighted by atomic mass is 10.1. The highest BCUT2D eigenvalue weighted by molar-refractivity contribution is 7.98. The molecule has 8 nitrogen and oxygen atoms in total. The normalized spacial score (nSPS) is 13.5. The number of nitrogens with one attached hydrogen (secondary N) is 3. The van der Waals surface area contributed by atoms with Gasteiger partial charge in [0.2, 0.25) is 15.9 Å². The van der Waals surface area contributed by atoms with Gasteiger partial charge in [0, 0.05) is 0 Å². The highest BCUT2D eigenvalue weighted by Gasteiger charge is 2.28. The maximum atomic E-state index is 12.7. The quantitative estimate of drug-likeness (QED) is 0.196. The van der Waals surface area contributed by atoms with Crippen LogP contribution in [0.15, 0.2) is 30.3 Å². The Hall–Kier alpha value is -1.27. The number of hydrogen-bond acceptors (Lipinski definition) is 7. The first kappa shape index (κ1) is 24.8. The number of hydrogen-bond donors (Lipinski definition) is 4. The van der Waals surface area contributed by atoms with Crippen molar-refractivity contribution in [2.24, 2.45) is 5.84 Å². The number of benzene rings is 1. The number of rotatable bonds is 13. The molecule has 0 aliphatic rings. The minimum atomic E-state index is -3.74. The zero-order valence-electron chi connectivity index (χ0n) is 16.0. The maximum absolute atomic E-state index is 12.7. The van der Waals surface area contributed by atoms with E-state index in [9.17, 15) is 18.0 Å². The first-order chi connectivity index (χ1) is 13.3.